The van der Waals surface area contributed by atoms with Crippen LogP contribution in [0.1, 0.15) is 50.1 Å². The van der Waals surface area contributed by atoms with Crippen LogP contribution in [0.25, 0.3) is 0 Å². The van der Waals surface area contributed by atoms with Crippen molar-refractivity contribution in [2.24, 2.45) is 0 Å². The fourth-order valence-electron chi connectivity index (χ4n) is 4.43. The van der Waals surface area contributed by atoms with E-state index in [1.165, 1.54) is 0 Å². The summed E-state index contributed by atoms with van der Waals surface area (Å²) in [6.07, 6.45) is -0.273. The Hall–Kier alpha value is -4.02. The second kappa shape index (κ2) is 16.0. The number of nitrogens with one attached hydrogen (secondary N) is 2. The predicted molar refractivity (Wildman–Crippen MR) is 168 cm³/mol. The number of aromatic nitrogens is 3. The first-order chi connectivity index (χ1) is 22.0. The maximum atomic E-state index is 12.8. The smallest absolute Gasteiger partial charge is 0.450 e. The zero-order valence-corrected chi connectivity index (χ0v) is 26.9. The highest BCUT2D eigenvalue weighted by molar-refractivity contribution is 6.62. The highest BCUT2D eigenvalue weighted by Gasteiger charge is 2.51. The zero-order valence-electron chi connectivity index (χ0n) is 26.9. The molecule has 1 aliphatic heterocycles. The van der Waals surface area contributed by atoms with Gasteiger partial charge in [0.05, 0.1) is 48.9 Å². The fourth-order valence-corrected chi connectivity index (χ4v) is 4.43. The first-order valence-corrected chi connectivity index (χ1v) is 15.0. The van der Waals surface area contributed by atoms with Gasteiger partial charge in [-0.2, -0.15) is 0 Å². The number of benzene rings is 2. The van der Waals surface area contributed by atoms with E-state index >= 15 is 0 Å². The lowest BCUT2D eigenvalue weighted by atomic mass is 9.79. The van der Waals surface area contributed by atoms with E-state index in [1.54, 1.807) is 23.9 Å². The molecule has 1 amide bonds. The minimum atomic E-state index is -1.42. The van der Waals surface area contributed by atoms with E-state index < -0.39 is 30.6 Å². The summed E-state index contributed by atoms with van der Waals surface area (Å²) in [4.78, 5) is 23.8. The van der Waals surface area contributed by atoms with Crippen LogP contribution in [-0.4, -0.2) is 77.6 Å². The summed E-state index contributed by atoms with van der Waals surface area (Å²) in [6.45, 7) is 10.8. The number of nitrogens with zero attached hydrogens (tertiary/aromatic N) is 3. The van der Waals surface area contributed by atoms with Crippen LogP contribution in [-0.2, 0) is 61.1 Å². The first kappa shape index (κ1) is 34.9. The molecule has 15 heteroatoms. The average molecular weight is 640 g/mol. The second-order valence-corrected chi connectivity index (χ2v) is 11.8. The topological polar surface area (TPSA) is 165 Å². The molecule has 0 spiro atoms. The number of hydrogen-bond acceptors (Lipinski definition) is 11. The summed E-state index contributed by atoms with van der Waals surface area (Å²) in [6, 6.07) is 12.7. The summed E-state index contributed by atoms with van der Waals surface area (Å²) in [5, 5.41) is 23.3. The number of methoxy groups -OCH3 is 1. The van der Waals surface area contributed by atoms with Crippen LogP contribution in [0, 0.1) is 0 Å². The number of carboxylic acid groups (broad SMARTS) is 1. The van der Waals surface area contributed by atoms with Gasteiger partial charge in [0.2, 0.25) is 0 Å². The van der Waals surface area contributed by atoms with Crippen molar-refractivity contribution >= 4 is 30.5 Å². The molecule has 1 saturated heterocycles. The lowest BCUT2D eigenvalue weighted by molar-refractivity contribution is 0.00578. The molecule has 4 rings (SSSR count). The van der Waals surface area contributed by atoms with Crippen LogP contribution in [0.2, 0.25) is 0 Å². The third-order valence-corrected chi connectivity index (χ3v) is 7.76. The Morgan fingerprint density at radius 3 is 2.35 bits per heavy atom. The molecule has 1 aromatic heterocycles. The van der Waals surface area contributed by atoms with Gasteiger partial charge in [-0.15, -0.1) is 5.10 Å². The molecule has 14 nitrogen and oxygen atoms in total. The lowest BCUT2D eigenvalue weighted by Crippen LogP contribution is -2.41. The van der Waals surface area contributed by atoms with Gasteiger partial charge in [0.1, 0.15) is 13.2 Å². The van der Waals surface area contributed by atoms with Crippen molar-refractivity contribution in [1.82, 2.24) is 20.3 Å². The third kappa shape index (κ3) is 9.99. The van der Waals surface area contributed by atoms with Gasteiger partial charge in [-0.1, -0.05) is 41.6 Å². The van der Waals surface area contributed by atoms with E-state index in [9.17, 15) is 9.59 Å². The van der Waals surface area contributed by atoms with Gasteiger partial charge >= 0.3 is 19.4 Å². The average Bonchev–Trinajstić information content (AvgIpc) is 3.55. The molecule has 1 fully saturated rings. The van der Waals surface area contributed by atoms with Gasteiger partial charge in [-0.05, 0) is 50.4 Å². The standard InChI is InChI=1S/C31H42BN5O9/c1-30(2)31(3,4)46-32(45-30)25-10-7-22(8-11-25)20-43-28(38)34-27-16-23(6-9-24(27)21-44-29(39)40)17-33-18-26-19-37(36-35-26)12-13-42-15-14-41-5/h6-11,16,19,33H,12-15,17-18,20-21H2,1-5H3,(H,34,38)(H,39,40). The van der Waals surface area contributed by atoms with Crippen molar-refractivity contribution < 1.29 is 43.0 Å². The molecule has 0 aliphatic carbocycles. The minimum absolute atomic E-state index is 0.0254. The molecule has 2 heterocycles. The van der Waals surface area contributed by atoms with Crippen molar-refractivity contribution in [3.63, 3.8) is 0 Å². The molecule has 46 heavy (non-hydrogen) atoms. The molecular weight excluding hydrogens is 597 g/mol. The number of carbonyl (C=O) groups excluding carboxylic acids is 1. The van der Waals surface area contributed by atoms with E-state index in [4.69, 9.17) is 33.4 Å². The maximum Gasteiger partial charge on any atom is 0.506 e. The normalized spacial score (nSPS) is 15.1. The van der Waals surface area contributed by atoms with Crippen molar-refractivity contribution in [3.05, 3.63) is 71.0 Å². The number of ether oxygens (including phenoxy) is 4. The Balaban J connectivity index is 1.29. The van der Waals surface area contributed by atoms with E-state index in [1.807, 2.05) is 64.2 Å². The van der Waals surface area contributed by atoms with Crippen molar-refractivity contribution in [2.75, 3.05) is 32.2 Å². The number of carbonyl (C=O) groups is 2. The van der Waals surface area contributed by atoms with Crippen LogP contribution in [0.15, 0.2) is 48.7 Å². The zero-order chi connectivity index (χ0) is 33.2. The van der Waals surface area contributed by atoms with Gasteiger partial charge in [-0.25, -0.2) is 14.3 Å². The quantitative estimate of drug-likeness (QED) is 0.119. The van der Waals surface area contributed by atoms with Crippen molar-refractivity contribution in [3.8, 4) is 0 Å². The molecular formula is C31H42BN5O9. The Morgan fingerprint density at radius 2 is 1.65 bits per heavy atom. The number of hydrogen-bond donors (Lipinski definition) is 3. The molecule has 0 radical (unpaired) electrons. The Labute approximate surface area is 268 Å². The second-order valence-electron chi connectivity index (χ2n) is 11.8. The van der Waals surface area contributed by atoms with Gasteiger partial charge in [0, 0.05) is 32.0 Å². The van der Waals surface area contributed by atoms with E-state index in [2.05, 4.69) is 20.9 Å². The first-order valence-electron chi connectivity index (χ1n) is 15.0. The molecule has 2 aromatic carbocycles. The molecule has 0 bridgehead atoms. The van der Waals surface area contributed by atoms with E-state index in [-0.39, 0.29) is 13.2 Å². The maximum absolute atomic E-state index is 12.8. The van der Waals surface area contributed by atoms with Gasteiger partial charge in [0.15, 0.2) is 0 Å². The molecule has 0 atom stereocenters. The number of amides is 1. The predicted octanol–water partition coefficient (Wildman–Crippen LogP) is 3.47. The van der Waals surface area contributed by atoms with Crippen molar-refractivity contribution in [1.29, 1.82) is 0 Å². The molecule has 0 unspecified atom stereocenters. The Morgan fingerprint density at radius 1 is 0.935 bits per heavy atom. The summed E-state index contributed by atoms with van der Waals surface area (Å²) in [7, 11) is 1.14. The summed E-state index contributed by atoms with van der Waals surface area (Å²) < 4.78 is 34.5. The summed E-state index contributed by atoms with van der Waals surface area (Å²) in [5.41, 5.74) is 3.21. The van der Waals surface area contributed by atoms with Crippen molar-refractivity contribution in [2.45, 2.75) is 71.7 Å². The highest BCUT2D eigenvalue weighted by atomic mass is 16.7. The summed E-state index contributed by atoms with van der Waals surface area (Å²) in [5.74, 6) is 0. The lowest BCUT2D eigenvalue weighted by Gasteiger charge is -2.32. The van der Waals surface area contributed by atoms with Gasteiger partial charge < -0.3 is 38.7 Å². The number of rotatable bonds is 16. The van der Waals surface area contributed by atoms with E-state index in [0.717, 1.165) is 22.3 Å². The fraction of sp³-hybridized carbons (Fsp3) is 0.484. The summed E-state index contributed by atoms with van der Waals surface area (Å²) >= 11 is 0. The van der Waals surface area contributed by atoms with Gasteiger partial charge in [0.25, 0.3) is 0 Å². The molecule has 3 aromatic rings. The molecule has 1 aliphatic rings. The molecule has 248 valence electrons. The van der Waals surface area contributed by atoms with Crippen LogP contribution in [0.4, 0.5) is 15.3 Å². The molecule has 0 saturated carbocycles. The van der Waals surface area contributed by atoms with Crippen LogP contribution in [0.3, 0.4) is 0 Å². The Kier molecular flexibility index (Phi) is 12.1. The largest absolute Gasteiger partial charge is 0.506 e. The van der Waals surface area contributed by atoms with E-state index in [0.29, 0.717) is 50.7 Å². The minimum Gasteiger partial charge on any atom is -0.450 e. The van der Waals surface area contributed by atoms with Gasteiger partial charge in [-0.3, -0.25) is 5.32 Å². The SMILES string of the molecule is COCCOCCn1cc(CNCc2ccc(COC(=O)O)c(NC(=O)OCc3ccc(B4OC(C)(C)C(C)(C)O4)cc3)c2)nn1. The number of anilines is 1. The van der Waals surface area contributed by atoms with Crippen LogP contribution >= 0.6 is 0 Å². The Bertz CT molecular complexity index is 1430. The monoisotopic (exact) mass is 639 g/mol. The van der Waals surface area contributed by atoms with Crippen LogP contribution in [0.5, 0.6) is 0 Å². The van der Waals surface area contributed by atoms with Crippen LogP contribution < -0.4 is 16.1 Å². The molecule has 3 N–H and O–H groups in total. The highest BCUT2D eigenvalue weighted by Crippen LogP contribution is 2.36. The third-order valence-electron chi connectivity index (χ3n) is 7.76.